The molecule has 102 valence electrons. The molecule has 0 saturated carbocycles. The van der Waals surface area contributed by atoms with Crippen LogP contribution in [0.3, 0.4) is 0 Å². The molecule has 18 heavy (non-hydrogen) atoms. The molecule has 3 nitrogen and oxygen atoms in total. The van der Waals surface area contributed by atoms with Gasteiger partial charge >= 0.3 is 0 Å². The maximum Gasteiger partial charge on any atom is 0.109 e. The first-order chi connectivity index (χ1) is 8.63. The topological polar surface area (TPSA) is 37.0 Å². The summed E-state index contributed by atoms with van der Waals surface area (Å²) in [7, 11) is 0. The maximum atomic E-state index is 4.51. The second kappa shape index (κ2) is 6.13. The van der Waals surface area contributed by atoms with Crippen molar-refractivity contribution in [3.05, 3.63) is 16.1 Å². The molecule has 1 aliphatic rings. The van der Waals surface area contributed by atoms with E-state index in [0.717, 1.165) is 19.5 Å². The van der Waals surface area contributed by atoms with Crippen molar-refractivity contribution in [3.8, 4) is 0 Å². The second-order valence-corrected chi connectivity index (χ2v) is 6.86. The van der Waals surface area contributed by atoms with Crippen LogP contribution in [-0.2, 0) is 6.42 Å². The van der Waals surface area contributed by atoms with Crippen molar-refractivity contribution in [2.75, 3.05) is 19.6 Å². The molecule has 0 aliphatic carbocycles. The molecule has 2 N–H and O–H groups in total. The van der Waals surface area contributed by atoms with Crippen LogP contribution in [0.5, 0.6) is 0 Å². The minimum absolute atomic E-state index is 0.369. The highest BCUT2D eigenvalue weighted by Crippen LogP contribution is 2.26. The molecule has 2 rings (SSSR count). The van der Waals surface area contributed by atoms with E-state index in [1.54, 1.807) is 0 Å². The average Bonchev–Trinajstić information content (AvgIpc) is 2.86. The number of aromatic nitrogens is 1. The molecule has 4 heteroatoms. The van der Waals surface area contributed by atoms with Gasteiger partial charge in [0, 0.05) is 24.2 Å². The Morgan fingerprint density at radius 3 is 3.06 bits per heavy atom. The Hall–Kier alpha value is -0.450. The quantitative estimate of drug-likeness (QED) is 0.861. The van der Waals surface area contributed by atoms with Crippen molar-refractivity contribution in [3.63, 3.8) is 0 Å². The van der Waals surface area contributed by atoms with Crippen LogP contribution in [0, 0.1) is 5.41 Å². The Balaban J connectivity index is 1.85. The minimum Gasteiger partial charge on any atom is -0.316 e. The van der Waals surface area contributed by atoms with Crippen LogP contribution in [0.15, 0.2) is 6.20 Å². The molecular weight excluding hydrogens is 242 g/mol. The van der Waals surface area contributed by atoms with Gasteiger partial charge in [-0.3, -0.25) is 0 Å². The number of thiazole rings is 1. The number of nitrogens with zero attached hydrogens (tertiary/aromatic N) is 1. The van der Waals surface area contributed by atoms with E-state index in [0.29, 0.717) is 11.5 Å². The van der Waals surface area contributed by atoms with E-state index in [9.17, 15) is 0 Å². The third-order valence-corrected chi connectivity index (χ3v) is 5.14. The van der Waals surface area contributed by atoms with Gasteiger partial charge in [-0.15, -0.1) is 11.3 Å². The van der Waals surface area contributed by atoms with Gasteiger partial charge < -0.3 is 10.6 Å². The van der Waals surface area contributed by atoms with Crippen LogP contribution in [0.4, 0.5) is 0 Å². The maximum absolute atomic E-state index is 4.51. The minimum atomic E-state index is 0.369. The van der Waals surface area contributed by atoms with E-state index in [4.69, 9.17) is 0 Å². The van der Waals surface area contributed by atoms with Crippen LogP contribution in [0.1, 0.15) is 49.5 Å². The predicted octanol–water partition coefficient (Wildman–Crippen LogP) is 2.75. The summed E-state index contributed by atoms with van der Waals surface area (Å²) in [4.78, 5) is 5.89. The highest BCUT2D eigenvalue weighted by Gasteiger charge is 2.27. The molecule has 1 saturated heterocycles. The third kappa shape index (κ3) is 3.53. The number of piperidine rings is 1. The largest absolute Gasteiger partial charge is 0.316 e. The molecule has 0 bridgehead atoms. The van der Waals surface area contributed by atoms with Crippen molar-refractivity contribution in [2.24, 2.45) is 5.41 Å². The van der Waals surface area contributed by atoms with Crippen LogP contribution >= 0.6 is 11.3 Å². The van der Waals surface area contributed by atoms with Crippen molar-refractivity contribution in [2.45, 2.75) is 46.1 Å². The van der Waals surface area contributed by atoms with E-state index >= 15 is 0 Å². The number of hydrogen-bond donors (Lipinski definition) is 2. The first kappa shape index (κ1) is 14.0. The summed E-state index contributed by atoms with van der Waals surface area (Å²) in [6, 6.07) is 0.369. The predicted molar refractivity (Wildman–Crippen MR) is 78.1 cm³/mol. The Morgan fingerprint density at radius 2 is 2.44 bits per heavy atom. The fraction of sp³-hybridized carbons (Fsp3) is 0.786. The molecule has 1 fully saturated rings. The molecule has 1 aliphatic heterocycles. The Kier molecular flexibility index (Phi) is 4.76. The lowest BCUT2D eigenvalue weighted by Gasteiger charge is -2.35. The lowest BCUT2D eigenvalue weighted by Crippen LogP contribution is -2.44. The van der Waals surface area contributed by atoms with Crippen molar-refractivity contribution >= 4 is 11.3 Å². The molecule has 0 radical (unpaired) electrons. The second-order valence-electron chi connectivity index (χ2n) is 5.71. The zero-order chi connectivity index (χ0) is 13.0. The lowest BCUT2D eigenvalue weighted by atomic mass is 9.82. The number of aryl methyl sites for hydroxylation is 1. The summed E-state index contributed by atoms with van der Waals surface area (Å²) in [5.41, 5.74) is 0.400. The first-order valence-corrected chi connectivity index (χ1v) is 7.83. The first-order valence-electron chi connectivity index (χ1n) is 7.02. The molecule has 1 aromatic heterocycles. The molecule has 2 heterocycles. The standard InChI is InChI=1S/C14H25N3S/c1-4-12-8-16-13(18-12)11(2)17-10-14(3)6-5-7-15-9-14/h8,11,15,17H,4-7,9-10H2,1-3H3. The molecule has 1 aromatic rings. The van der Waals surface area contributed by atoms with E-state index in [2.05, 4.69) is 36.4 Å². The third-order valence-electron chi connectivity index (χ3n) is 3.81. The van der Waals surface area contributed by atoms with E-state index in [1.807, 2.05) is 17.5 Å². The molecule has 0 aromatic carbocycles. The fourth-order valence-corrected chi connectivity index (χ4v) is 3.33. The van der Waals surface area contributed by atoms with Gasteiger partial charge in [-0.1, -0.05) is 13.8 Å². The van der Waals surface area contributed by atoms with Crippen LogP contribution in [0.25, 0.3) is 0 Å². The summed E-state index contributed by atoms with van der Waals surface area (Å²) in [5, 5.41) is 8.38. The zero-order valence-corrected chi connectivity index (χ0v) is 12.6. The van der Waals surface area contributed by atoms with Crippen LogP contribution < -0.4 is 10.6 Å². The van der Waals surface area contributed by atoms with Crippen molar-refractivity contribution < 1.29 is 0 Å². The van der Waals surface area contributed by atoms with Gasteiger partial charge in [0.05, 0.1) is 6.04 Å². The van der Waals surface area contributed by atoms with Gasteiger partial charge in [-0.25, -0.2) is 4.98 Å². The number of nitrogens with one attached hydrogen (secondary N) is 2. The molecule has 2 atom stereocenters. The van der Waals surface area contributed by atoms with Crippen molar-refractivity contribution in [1.82, 2.24) is 15.6 Å². The average molecular weight is 267 g/mol. The highest BCUT2D eigenvalue weighted by atomic mass is 32.1. The van der Waals surface area contributed by atoms with E-state index < -0.39 is 0 Å². The summed E-state index contributed by atoms with van der Waals surface area (Å²) >= 11 is 1.84. The monoisotopic (exact) mass is 267 g/mol. The molecule has 0 spiro atoms. The van der Waals surface area contributed by atoms with E-state index in [1.165, 1.54) is 29.3 Å². The van der Waals surface area contributed by atoms with Gasteiger partial charge in [0.25, 0.3) is 0 Å². The van der Waals surface area contributed by atoms with Gasteiger partial charge in [-0.2, -0.15) is 0 Å². The van der Waals surface area contributed by atoms with Gasteiger partial charge in [-0.05, 0) is 38.1 Å². The van der Waals surface area contributed by atoms with Gasteiger partial charge in [0.15, 0.2) is 0 Å². The summed E-state index contributed by atoms with van der Waals surface area (Å²) in [5.74, 6) is 0. The molecular formula is C14H25N3S. The Bertz CT molecular complexity index is 369. The Morgan fingerprint density at radius 1 is 1.61 bits per heavy atom. The van der Waals surface area contributed by atoms with E-state index in [-0.39, 0.29) is 0 Å². The Labute approximate surface area is 114 Å². The van der Waals surface area contributed by atoms with Crippen molar-refractivity contribution in [1.29, 1.82) is 0 Å². The molecule has 0 amide bonds. The zero-order valence-electron chi connectivity index (χ0n) is 11.8. The van der Waals surface area contributed by atoms with Crippen LogP contribution in [0.2, 0.25) is 0 Å². The summed E-state index contributed by atoms with van der Waals surface area (Å²) in [6.45, 7) is 10.2. The SMILES string of the molecule is CCc1cnc(C(C)NCC2(C)CCCNC2)s1. The normalized spacial score (nSPS) is 26.2. The fourth-order valence-electron chi connectivity index (χ4n) is 2.44. The summed E-state index contributed by atoms with van der Waals surface area (Å²) in [6.07, 6.45) is 5.72. The number of hydrogen-bond acceptors (Lipinski definition) is 4. The number of rotatable bonds is 5. The van der Waals surface area contributed by atoms with Crippen LogP contribution in [-0.4, -0.2) is 24.6 Å². The molecule has 2 unspecified atom stereocenters. The lowest BCUT2D eigenvalue weighted by molar-refractivity contribution is 0.220. The van der Waals surface area contributed by atoms with Gasteiger partial charge in [0.1, 0.15) is 5.01 Å². The summed E-state index contributed by atoms with van der Waals surface area (Å²) < 4.78 is 0. The smallest absolute Gasteiger partial charge is 0.109 e. The van der Waals surface area contributed by atoms with Gasteiger partial charge in [0.2, 0.25) is 0 Å². The highest BCUT2D eigenvalue weighted by molar-refractivity contribution is 7.11.